The van der Waals surface area contributed by atoms with E-state index in [2.05, 4.69) is 187 Å². The molecule has 6 aromatic carbocycles. The Morgan fingerprint density at radius 2 is 0.722 bits per heavy atom. The maximum Gasteiger partial charge on any atom is 0.0520 e. The Morgan fingerprint density at radius 1 is 0.375 bits per heavy atom. The van der Waals surface area contributed by atoms with E-state index in [1.165, 1.54) is 207 Å². The predicted octanol–water partition coefficient (Wildman–Crippen LogP) is 21.2. The number of aryl methyl sites for hydroxylation is 6. The molecule has 0 bridgehead atoms. The zero-order valence-electron chi connectivity index (χ0n) is 46.2. The lowest BCUT2D eigenvalue weighted by molar-refractivity contribution is 0.299. The first-order valence-electron chi connectivity index (χ1n) is 29.3. The molecule has 2 saturated carbocycles. The van der Waals surface area contributed by atoms with Crippen molar-refractivity contribution in [2.75, 3.05) is 9.80 Å². The summed E-state index contributed by atoms with van der Waals surface area (Å²) in [7, 11) is 0. The average Bonchev–Trinajstić information content (AvgIpc) is 3.89. The van der Waals surface area contributed by atoms with Crippen LogP contribution < -0.4 is 9.80 Å². The van der Waals surface area contributed by atoms with Gasteiger partial charge in [-0.1, -0.05) is 190 Å². The monoisotopic (exact) mass is 959 g/mol. The molecule has 2 heteroatoms. The molecule has 0 heterocycles. The summed E-state index contributed by atoms with van der Waals surface area (Å²) in [4.78, 5) is 5.25. The summed E-state index contributed by atoms with van der Waals surface area (Å²) >= 11 is 0. The molecule has 0 aliphatic heterocycles. The molecule has 380 valence electrons. The van der Waals surface area contributed by atoms with Gasteiger partial charge in [0.25, 0.3) is 0 Å². The highest BCUT2D eigenvalue weighted by Crippen LogP contribution is 2.73. The lowest BCUT2D eigenvalue weighted by atomic mass is 9.55. The Balaban J connectivity index is 1.25. The van der Waals surface area contributed by atoms with Crippen molar-refractivity contribution in [1.82, 2.24) is 0 Å². The summed E-state index contributed by atoms with van der Waals surface area (Å²) in [5, 5.41) is 0. The molecule has 6 aromatic rings. The molecule has 72 heavy (non-hydrogen) atoms. The summed E-state index contributed by atoms with van der Waals surface area (Å²) in [6.07, 6.45) is 28.7. The van der Waals surface area contributed by atoms with Crippen LogP contribution >= 0.6 is 0 Å². The molecule has 2 nitrogen and oxygen atoms in total. The van der Waals surface area contributed by atoms with E-state index in [1.807, 2.05) is 0 Å². The molecule has 3 aliphatic carbocycles. The van der Waals surface area contributed by atoms with E-state index in [1.54, 1.807) is 11.1 Å². The van der Waals surface area contributed by atoms with Crippen LogP contribution in [-0.4, -0.2) is 0 Å². The van der Waals surface area contributed by atoms with Crippen molar-refractivity contribution in [3.8, 4) is 11.1 Å². The van der Waals surface area contributed by atoms with Crippen LogP contribution in [0.2, 0.25) is 0 Å². The van der Waals surface area contributed by atoms with Gasteiger partial charge in [-0.2, -0.15) is 0 Å². The molecule has 2 fully saturated rings. The topological polar surface area (TPSA) is 6.48 Å². The standard InChI is InChI=1S/C70H90N2/c1-9-13-17-19-23-31-57-47-69-49-58(32-24-20-18-14-10-2)50-70(69,48-57)66-46-62(72(60-35-27-22-28-36-60)68-53(7)43-56(30-16-12-4)44-54(68)8)38-40-64(66)63-39-37-61(45-65(63)69)71(59-33-25-21-26-34-59)67-51(5)41-55(29-15-11-3)42-52(67)6/h21-22,25-28,33-46,57-58H,9-20,23-24,29-32,47-50H2,1-8H3. The highest BCUT2D eigenvalue weighted by molar-refractivity contribution is 5.89. The van der Waals surface area contributed by atoms with Crippen molar-refractivity contribution in [3.63, 3.8) is 0 Å². The lowest BCUT2D eigenvalue weighted by Crippen LogP contribution is -2.43. The molecule has 0 unspecified atom stereocenters. The fourth-order valence-corrected chi connectivity index (χ4v) is 14.9. The van der Waals surface area contributed by atoms with Gasteiger partial charge in [-0.05, 0) is 195 Å². The normalized spacial score (nSPS) is 19.7. The molecule has 3 aliphatic rings. The molecule has 0 amide bonds. The number of benzene rings is 6. The van der Waals surface area contributed by atoms with Crippen molar-refractivity contribution in [3.05, 3.63) is 166 Å². The number of hydrogen-bond donors (Lipinski definition) is 0. The SMILES string of the molecule is CCCCCCCC1CC23CC(CCCCCCC)CC2(C1)c1cc(N(c2ccccc2)c2c(C)cc(CCCC)cc2C)ccc1-c1ccc(N(c2ccccc2)c2c(C)cc(CCCC)cc2C)cc13. The largest absolute Gasteiger partial charge is 0.310 e. The summed E-state index contributed by atoms with van der Waals surface area (Å²) in [5.41, 5.74) is 22.6. The Kier molecular flexibility index (Phi) is 16.9. The van der Waals surface area contributed by atoms with Crippen LogP contribution in [0.25, 0.3) is 11.1 Å². The highest BCUT2D eigenvalue weighted by Gasteiger charge is 2.66. The smallest absolute Gasteiger partial charge is 0.0520 e. The van der Waals surface area contributed by atoms with Crippen molar-refractivity contribution in [1.29, 1.82) is 0 Å². The number of hydrogen-bond acceptors (Lipinski definition) is 2. The minimum atomic E-state index is 0.0763. The van der Waals surface area contributed by atoms with Crippen LogP contribution in [0.3, 0.4) is 0 Å². The fourth-order valence-electron chi connectivity index (χ4n) is 14.9. The van der Waals surface area contributed by atoms with Crippen LogP contribution in [0, 0.1) is 39.5 Å². The Morgan fingerprint density at radius 3 is 1.07 bits per heavy atom. The maximum atomic E-state index is 2.74. The van der Waals surface area contributed by atoms with Crippen LogP contribution in [0.5, 0.6) is 0 Å². The van der Waals surface area contributed by atoms with Crippen LogP contribution in [-0.2, 0) is 23.7 Å². The lowest BCUT2D eigenvalue weighted by Gasteiger charge is -2.48. The minimum absolute atomic E-state index is 0.0763. The van der Waals surface area contributed by atoms with Crippen molar-refractivity contribution in [2.45, 2.75) is 207 Å². The van der Waals surface area contributed by atoms with Crippen molar-refractivity contribution >= 4 is 34.1 Å². The van der Waals surface area contributed by atoms with Gasteiger partial charge in [0.15, 0.2) is 0 Å². The fraction of sp³-hybridized carbons (Fsp3) is 0.486. The number of fused-ring (bicyclic) bond motifs is 3. The average molecular weight is 960 g/mol. The third-order valence-corrected chi connectivity index (χ3v) is 18.0. The molecule has 0 saturated heterocycles. The zero-order valence-corrected chi connectivity index (χ0v) is 46.2. The summed E-state index contributed by atoms with van der Waals surface area (Å²) < 4.78 is 0. The quantitative estimate of drug-likeness (QED) is 0.0558. The highest BCUT2D eigenvalue weighted by atomic mass is 15.2. The molecule has 0 aromatic heterocycles. The molecule has 0 atom stereocenters. The van der Waals surface area contributed by atoms with Gasteiger partial charge in [0, 0.05) is 33.6 Å². The van der Waals surface area contributed by atoms with Gasteiger partial charge in [0.2, 0.25) is 0 Å². The Labute approximate surface area is 438 Å². The second-order valence-corrected chi connectivity index (χ2v) is 23.3. The first-order valence-corrected chi connectivity index (χ1v) is 29.3. The second-order valence-electron chi connectivity index (χ2n) is 23.3. The zero-order chi connectivity index (χ0) is 50.2. The van der Waals surface area contributed by atoms with E-state index in [4.69, 9.17) is 0 Å². The third kappa shape index (κ3) is 10.4. The molecular weight excluding hydrogens is 869 g/mol. The van der Waals surface area contributed by atoms with Gasteiger partial charge >= 0.3 is 0 Å². The first-order chi connectivity index (χ1) is 35.1. The molecule has 0 radical (unpaired) electrons. The van der Waals surface area contributed by atoms with Gasteiger partial charge in [-0.15, -0.1) is 0 Å². The Hall–Kier alpha value is -5.08. The predicted molar refractivity (Wildman–Crippen MR) is 313 cm³/mol. The van der Waals surface area contributed by atoms with E-state index in [-0.39, 0.29) is 10.8 Å². The summed E-state index contributed by atoms with van der Waals surface area (Å²) in [6.45, 7) is 18.8. The number of rotatable bonds is 24. The van der Waals surface area contributed by atoms with Crippen molar-refractivity contribution in [2.24, 2.45) is 11.8 Å². The Bertz CT molecular complexity index is 2480. The molecular formula is C70H90N2. The van der Waals surface area contributed by atoms with E-state index < -0.39 is 0 Å². The minimum Gasteiger partial charge on any atom is -0.310 e. The van der Waals surface area contributed by atoms with Gasteiger partial charge in [0.05, 0.1) is 11.4 Å². The van der Waals surface area contributed by atoms with Crippen molar-refractivity contribution < 1.29 is 0 Å². The summed E-state index contributed by atoms with van der Waals surface area (Å²) in [6, 6.07) is 48.1. The van der Waals surface area contributed by atoms with Gasteiger partial charge < -0.3 is 9.80 Å². The van der Waals surface area contributed by atoms with Crippen LogP contribution in [0.4, 0.5) is 34.1 Å². The molecule has 9 rings (SSSR count). The van der Waals surface area contributed by atoms with E-state index >= 15 is 0 Å². The molecule has 0 N–H and O–H groups in total. The van der Waals surface area contributed by atoms with E-state index in [0.717, 1.165) is 24.7 Å². The number of nitrogens with zero attached hydrogens (tertiary/aromatic N) is 2. The number of anilines is 6. The van der Waals surface area contributed by atoms with Gasteiger partial charge in [0.1, 0.15) is 0 Å². The summed E-state index contributed by atoms with van der Waals surface area (Å²) in [5.74, 6) is 1.44. The van der Waals surface area contributed by atoms with Gasteiger partial charge in [-0.3, -0.25) is 0 Å². The second kappa shape index (κ2) is 23.4. The molecule has 0 spiro atoms. The van der Waals surface area contributed by atoms with E-state index in [9.17, 15) is 0 Å². The number of unbranched alkanes of at least 4 members (excludes halogenated alkanes) is 10. The number of para-hydroxylation sites is 2. The first kappa shape index (κ1) is 51.8. The maximum absolute atomic E-state index is 2.74. The van der Waals surface area contributed by atoms with Crippen LogP contribution in [0.15, 0.2) is 121 Å². The third-order valence-electron chi connectivity index (χ3n) is 18.0. The van der Waals surface area contributed by atoms with Gasteiger partial charge in [-0.25, -0.2) is 0 Å². The van der Waals surface area contributed by atoms with E-state index in [0.29, 0.717) is 0 Å². The van der Waals surface area contributed by atoms with Crippen LogP contribution in [0.1, 0.15) is 201 Å².